The number of ether oxygens (including phenoxy) is 2. The Morgan fingerprint density at radius 3 is 1.56 bits per heavy atom. The van der Waals surface area contributed by atoms with Gasteiger partial charge in [0.1, 0.15) is 36.9 Å². The van der Waals surface area contributed by atoms with Crippen molar-refractivity contribution >= 4 is 50.4 Å². The van der Waals surface area contributed by atoms with Gasteiger partial charge < -0.3 is 24.8 Å². The van der Waals surface area contributed by atoms with Crippen LogP contribution in [0.5, 0.6) is 11.5 Å². The summed E-state index contributed by atoms with van der Waals surface area (Å²) in [4.78, 5) is 2.09. The molecule has 9 heteroatoms. The minimum Gasteiger partial charge on any atom is -0.491 e. The summed E-state index contributed by atoms with van der Waals surface area (Å²) in [6.07, 6.45) is -1.55. The second-order valence-corrected chi connectivity index (χ2v) is 6.77. The third-order valence-corrected chi connectivity index (χ3v) is 4.53. The SMILES string of the molecule is OCC(O)COc1ccc(Sc2ccc(OCC(O)CCl)cc2)cc1.S.S. The topological polar surface area (TPSA) is 79.2 Å². The summed E-state index contributed by atoms with van der Waals surface area (Å²) in [5, 5.41) is 27.4. The first-order chi connectivity index (χ1) is 12.1. The van der Waals surface area contributed by atoms with Crippen LogP contribution in [0.1, 0.15) is 0 Å². The van der Waals surface area contributed by atoms with Gasteiger partial charge >= 0.3 is 0 Å². The third-order valence-electron chi connectivity index (χ3n) is 3.16. The first-order valence-electron chi connectivity index (χ1n) is 7.77. The Hall–Kier alpha value is -0.740. The maximum atomic E-state index is 9.38. The molecule has 0 fully saturated rings. The standard InChI is InChI=1S/C18H21ClO5S.2H2S/c19-9-13(21)11-23-15-1-5-17(6-2-15)25-18-7-3-16(4-8-18)24-12-14(22)10-20;;/h1-8,13-14,20-22H,9-12H2;2*1H2. The zero-order valence-electron chi connectivity index (χ0n) is 14.5. The molecule has 2 aromatic carbocycles. The van der Waals surface area contributed by atoms with Gasteiger partial charge in [0.2, 0.25) is 0 Å². The van der Waals surface area contributed by atoms with Crippen molar-refractivity contribution < 1.29 is 24.8 Å². The van der Waals surface area contributed by atoms with Crippen molar-refractivity contribution in [1.82, 2.24) is 0 Å². The maximum Gasteiger partial charge on any atom is 0.119 e. The predicted molar refractivity (Wildman–Crippen MR) is 119 cm³/mol. The first kappa shape index (κ1) is 26.3. The molecule has 2 unspecified atom stereocenters. The third kappa shape index (κ3) is 9.84. The Kier molecular flexibility index (Phi) is 13.9. The minimum absolute atomic E-state index is 0. The highest BCUT2D eigenvalue weighted by Gasteiger charge is 2.05. The molecule has 0 heterocycles. The van der Waals surface area contributed by atoms with Gasteiger partial charge in [-0.3, -0.25) is 0 Å². The van der Waals surface area contributed by atoms with Gasteiger partial charge in [-0.25, -0.2) is 0 Å². The molecule has 0 radical (unpaired) electrons. The van der Waals surface area contributed by atoms with E-state index in [2.05, 4.69) is 0 Å². The van der Waals surface area contributed by atoms with E-state index in [0.29, 0.717) is 11.5 Å². The van der Waals surface area contributed by atoms with Crippen LogP contribution in [0.3, 0.4) is 0 Å². The molecule has 2 rings (SSSR count). The Labute approximate surface area is 182 Å². The van der Waals surface area contributed by atoms with E-state index in [1.165, 1.54) is 0 Å². The lowest BCUT2D eigenvalue weighted by atomic mass is 10.3. The molecule has 0 bridgehead atoms. The van der Waals surface area contributed by atoms with E-state index in [-0.39, 0.29) is 52.7 Å². The van der Waals surface area contributed by atoms with E-state index in [9.17, 15) is 10.2 Å². The monoisotopic (exact) mass is 452 g/mol. The fourth-order valence-corrected chi connectivity index (χ4v) is 2.73. The summed E-state index contributed by atoms with van der Waals surface area (Å²) in [6, 6.07) is 15.0. The maximum absolute atomic E-state index is 9.38. The van der Waals surface area contributed by atoms with Crippen LogP contribution in [0.15, 0.2) is 58.3 Å². The molecule has 0 aliphatic rings. The lowest BCUT2D eigenvalue weighted by Gasteiger charge is -2.11. The van der Waals surface area contributed by atoms with Gasteiger partial charge in [0, 0.05) is 9.79 Å². The van der Waals surface area contributed by atoms with Crippen LogP contribution in [0.25, 0.3) is 0 Å². The molecule has 0 saturated heterocycles. The molecule has 27 heavy (non-hydrogen) atoms. The summed E-state index contributed by atoms with van der Waals surface area (Å²) < 4.78 is 10.8. The molecular formula is C18H25ClO5S3. The smallest absolute Gasteiger partial charge is 0.119 e. The van der Waals surface area contributed by atoms with Crippen LogP contribution in [0, 0.1) is 0 Å². The van der Waals surface area contributed by atoms with Gasteiger partial charge in [-0.1, -0.05) is 11.8 Å². The van der Waals surface area contributed by atoms with Crippen LogP contribution in [-0.4, -0.2) is 53.2 Å². The van der Waals surface area contributed by atoms with E-state index in [1.54, 1.807) is 11.8 Å². The molecule has 2 aromatic rings. The number of alkyl halides is 1. The van der Waals surface area contributed by atoms with Crippen LogP contribution >= 0.6 is 50.4 Å². The largest absolute Gasteiger partial charge is 0.491 e. The van der Waals surface area contributed by atoms with Crippen LogP contribution in [0.4, 0.5) is 0 Å². The number of hydrogen-bond donors (Lipinski definition) is 3. The van der Waals surface area contributed by atoms with E-state index in [4.69, 9.17) is 26.2 Å². The lowest BCUT2D eigenvalue weighted by Crippen LogP contribution is -2.21. The molecule has 3 N–H and O–H groups in total. The first-order valence-corrected chi connectivity index (χ1v) is 9.12. The molecule has 0 saturated carbocycles. The average molecular weight is 453 g/mol. The van der Waals surface area contributed by atoms with Crippen LogP contribution < -0.4 is 9.47 Å². The Morgan fingerprint density at radius 2 is 1.19 bits per heavy atom. The second-order valence-electron chi connectivity index (χ2n) is 5.31. The predicted octanol–water partition coefficient (Wildman–Crippen LogP) is 2.77. The number of rotatable bonds is 10. The normalized spacial score (nSPS) is 12.3. The number of halogens is 1. The van der Waals surface area contributed by atoms with Crippen molar-refractivity contribution in [3.8, 4) is 11.5 Å². The quantitative estimate of drug-likeness (QED) is 0.481. The summed E-state index contributed by atoms with van der Waals surface area (Å²) in [5.41, 5.74) is 0. The van der Waals surface area contributed by atoms with Crippen molar-refractivity contribution in [1.29, 1.82) is 0 Å². The minimum atomic E-state index is -0.875. The summed E-state index contributed by atoms with van der Waals surface area (Å²) in [5.74, 6) is 1.46. The van der Waals surface area contributed by atoms with Gasteiger partial charge in [-0.15, -0.1) is 11.6 Å². The highest BCUT2D eigenvalue weighted by Crippen LogP contribution is 2.30. The molecule has 5 nitrogen and oxygen atoms in total. The van der Waals surface area contributed by atoms with Crippen molar-refractivity contribution in [3.05, 3.63) is 48.5 Å². The van der Waals surface area contributed by atoms with Gasteiger partial charge in [-0.05, 0) is 48.5 Å². The van der Waals surface area contributed by atoms with Gasteiger partial charge in [0.15, 0.2) is 0 Å². The highest BCUT2D eigenvalue weighted by molar-refractivity contribution is 7.99. The van der Waals surface area contributed by atoms with E-state index in [1.807, 2.05) is 48.5 Å². The van der Waals surface area contributed by atoms with Gasteiger partial charge in [-0.2, -0.15) is 27.0 Å². The number of aliphatic hydroxyl groups is 3. The van der Waals surface area contributed by atoms with Crippen molar-refractivity contribution in [3.63, 3.8) is 0 Å². The van der Waals surface area contributed by atoms with Crippen molar-refractivity contribution in [2.75, 3.05) is 25.7 Å². The van der Waals surface area contributed by atoms with E-state index < -0.39 is 12.2 Å². The molecule has 0 spiro atoms. The fourth-order valence-electron chi connectivity index (χ4n) is 1.83. The zero-order chi connectivity index (χ0) is 18.1. The average Bonchev–Trinajstić information content (AvgIpc) is 2.66. The Balaban J connectivity index is 0.00000338. The lowest BCUT2D eigenvalue weighted by molar-refractivity contribution is 0.0536. The molecule has 0 aliphatic carbocycles. The number of benzene rings is 2. The molecule has 152 valence electrons. The van der Waals surface area contributed by atoms with Crippen molar-refractivity contribution in [2.45, 2.75) is 22.0 Å². The van der Waals surface area contributed by atoms with E-state index in [0.717, 1.165) is 9.79 Å². The molecule has 0 aromatic heterocycles. The summed E-state index contributed by atoms with van der Waals surface area (Å²) in [6.45, 7) is -0.0935. The zero-order valence-corrected chi connectivity index (χ0v) is 18.1. The number of aliphatic hydroxyl groups excluding tert-OH is 3. The van der Waals surface area contributed by atoms with Gasteiger partial charge in [0.05, 0.1) is 12.5 Å². The molecule has 0 aliphatic heterocycles. The summed E-state index contributed by atoms with van der Waals surface area (Å²) in [7, 11) is 0. The fraction of sp³-hybridized carbons (Fsp3) is 0.333. The van der Waals surface area contributed by atoms with Crippen molar-refractivity contribution in [2.24, 2.45) is 0 Å². The Morgan fingerprint density at radius 1 is 0.778 bits per heavy atom. The van der Waals surface area contributed by atoms with Crippen LogP contribution in [0.2, 0.25) is 0 Å². The molecular weight excluding hydrogens is 428 g/mol. The second kappa shape index (κ2) is 14.3. The van der Waals surface area contributed by atoms with E-state index >= 15 is 0 Å². The van der Waals surface area contributed by atoms with Crippen LogP contribution in [-0.2, 0) is 0 Å². The summed E-state index contributed by atoms with van der Waals surface area (Å²) >= 11 is 7.11. The highest BCUT2D eigenvalue weighted by atomic mass is 35.5. The molecule has 2 atom stereocenters. The van der Waals surface area contributed by atoms with Gasteiger partial charge in [0.25, 0.3) is 0 Å². The number of hydrogen-bond acceptors (Lipinski definition) is 6. The Bertz CT molecular complexity index is 572. The molecule has 0 amide bonds.